The number of hydrogen-bond acceptors (Lipinski definition) is 4. The van der Waals surface area contributed by atoms with Gasteiger partial charge in [-0.1, -0.05) is 24.6 Å². The number of piperazine rings is 1. The highest BCUT2D eigenvalue weighted by molar-refractivity contribution is 5.92. The van der Waals surface area contributed by atoms with E-state index in [0.29, 0.717) is 0 Å². The van der Waals surface area contributed by atoms with Crippen molar-refractivity contribution in [2.45, 2.75) is 26.8 Å². The number of hydrogen-bond donors (Lipinski definition) is 1. The van der Waals surface area contributed by atoms with Gasteiger partial charge in [0.1, 0.15) is 0 Å². The lowest BCUT2D eigenvalue weighted by Gasteiger charge is -2.36. The highest BCUT2D eigenvalue weighted by atomic mass is 16.2. The molecule has 1 atom stereocenters. The molecule has 0 spiro atoms. The molecule has 1 fully saturated rings. The molecule has 6 nitrogen and oxygen atoms in total. The molecule has 0 aromatic heterocycles. The molecule has 1 aromatic carbocycles. The van der Waals surface area contributed by atoms with E-state index in [1.165, 1.54) is 0 Å². The van der Waals surface area contributed by atoms with Crippen LogP contribution < -0.4 is 5.32 Å². The van der Waals surface area contributed by atoms with Crippen molar-refractivity contribution in [3.05, 3.63) is 29.8 Å². The largest absolute Gasteiger partial charge is 0.339 e. The molecule has 0 radical (unpaired) electrons. The van der Waals surface area contributed by atoms with Crippen molar-refractivity contribution < 1.29 is 9.59 Å². The second-order valence-electron chi connectivity index (χ2n) is 6.76. The standard InChI is InChI=1S/C19H30N4O2/c1-5-22-10-12-23(13-11-22)19(25)16(3)21(4)14-18(24)20-17-8-6-15(2)7-9-17/h6-9,16H,5,10-14H2,1-4H3,(H,20,24)/t16-/m1/s1. The number of anilines is 1. The molecule has 1 aromatic rings. The molecule has 0 saturated carbocycles. The van der Waals surface area contributed by atoms with Gasteiger partial charge in [-0.25, -0.2) is 0 Å². The van der Waals surface area contributed by atoms with Crippen molar-refractivity contribution in [3.8, 4) is 0 Å². The van der Waals surface area contributed by atoms with Gasteiger partial charge in [0.25, 0.3) is 0 Å². The van der Waals surface area contributed by atoms with Crippen LogP contribution in [0.25, 0.3) is 0 Å². The maximum absolute atomic E-state index is 12.6. The zero-order valence-corrected chi connectivity index (χ0v) is 15.8. The molecule has 0 bridgehead atoms. The van der Waals surface area contributed by atoms with E-state index < -0.39 is 0 Å². The lowest BCUT2D eigenvalue weighted by atomic mass is 10.2. The van der Waals surface area contributed by atoms with Crippen LogP contribution in [0, 0.1) is 6.92 Å². The fourth-order valence-electron chi connectivity index (χ4n) is 2.94. The molecule has 1 saturated heterocycles. The van der Waals surface area contributed by atoms with E-state index in [-0.39, 0.29) is 24.4 Å². The predicted octanol–water partition coefficient (Wildman–Crippen LogP) is 1.42. The van der Waals surface area contributed by atoms with Gasteiger partial charge in [0.05, 0.1) is 12.6 Å². The van der Waals surface area contributed by atoms with E-state index in [1.54, 1.807) is 4.90 Å². The Kier molecular flexibility index (Phi) is 6.96. The summed E-state index contributed by atoms with van der Waals surface area (Å²) in [6.07, 6.45) is 0. The van der Waals surface area contributed by atoms with Gasteiger partial charge in [-0.2, -0.15) is 0 Å². The minimum atomic E-state index is -0.308. The lowest BCUT2D eigenvalue weighted by molar-refractivity contribution is -0.138. The number of carbonyl (C=O) groups is 2. The minimum Gasteiger partial charge on any atom is -0.339 e. The zero-order chi connectivity index (χ0) is 18.4. The third-order valence-electron chi connectivity index (χ3n) is 4.88. The minimum absolute atomic E-state index is 0.0985. The number of carbonyl (C=O) groups excluding carboxylic acids is 2. The van der Waals surface area contributed by atoms with Crippen LogP contribution in [-0.4, -0.2) is 78.9 Å². The molecule has 1 heterocycles. The van der Waals surface area contributed by atoms with E-state index >= 15 is 0 Å². The fraction of sp³-hybridized carbons (Fsp3) is 0.579. The summed E-state index contributed by atoms with van der Waals surface area (Å²) >= 11 is 0. The summed E-state index contributed by atoms with van der Waals surface area (Å²) in [7, 11) is 1.82. The Morgan fingerprint density at radius 3 is 2.32 bits per heavy atom. The topological polar surface area (TPSA) is 55.9 Å². The maximum Gasteiger partial charge on any atom is 0.239 e. The van der Waals surface area contributed by atoms with Gasteiger partial charge < -0.3 is 15.1 Å². The number of nitrogens with one attached hydrogen (secondary N) is 1. The highest BCUT2D eigenvalue weighted by Crippen LogP contribution is 2.10. The Balaban J connectivity index is 1.82. The van der Waals surface area contributed by atoms with Gasteiger partial charge in [0.2, 0.25) is 11.8 Å². The first-order valence-electron chi connectivity index (χ1n) is 8.98. The molecule has 1 aliphatic heterocycles. The molecule has 2 rings (SSSR count). The van der Waals surface area contributed by atoms with E-state index in [1.807, 2.05) is 50.1 Å². The Bertz CT molecular complexity index is 580. The normalized spacial score (nSPS) is 16.8. The quantitative estimate of drug-likeness (QED) is 0.846. The van der Waals surface area contributed by atoms with Crippen LogP contribution in [0.4, 0.5) is 5.69 Å². The summed E-state index contributed by atoms with van der Waals surface area (Å²) in [5, 5.41) is 2.87. The van der Waals surface area contributed by atoms with Gasteiger partial charge in [-0.15, -0.1) is 0 Å². The SMILES string of the molecule is CCN1CCN(C(=O)[C@@H](C)N(C)CC(=O)Nc2ccc(C)cc2)CC1. The van der Waals surface area contributed by atoms with Crippen molar-refractivity contribution in [2.24, 2.45) is 0 Å². The van der Waals surface area contributed by atoms with E-state index in [9.17, 15) is 9.59 Å². The Morgan fingerprint density at radius 1 is 1.16 bits per heavy atom. The number of nitrogens with zero attached hydrogens (tertiary/aromatic N) is 3. The average molecular weight is 346 g/mol. The lowest BCUT2D eigenvalue weighted by Crippen LogP contribution is -2.54. The second kappa shape index (κ2) is 8.97. The first kappa shape index (κ1) is 19.4. The van der Waals surface area contributed by atoms with Crippen molar-refractivity contribution in [3.63, 3.8) is 0 Å². The van der Waals surface area contributed by atoms with E-state index in [4.69, 9.17) is 0 Å². The second-order valence-corrected chi connectivity index (χ2v) is 6.76. The average Bonchev–Trinajstić information content (AvgIpc) is 2.62. The van der Waals surface area contributed by atoms with Crippen LogP contribution >= 0.6 is 0 Å². The molecule has 1 N–H and O–H groups in total. The van der Waals surface area contributed by atoms with E-state index in [0.717, 1.165) is 44.0 Å². The van der Waals surface area contributed by atoms with Crippen LogP contribution in [0.5, 0.6) is 0 Å². The summed E-state index contributed by atoms with van der Waals surface area (Å²) in [6.45, 7) is 10.6. The summed E-state index contributed by atoms with van der Waals surface area (Å²) in [4.78, 5) is 30.9. The maximum atomic E-state index is 12.6. The van der Waals surface area contributed by atoms with Crippen molar-refractivity contribution in [1.29, 1.82) is 0 Å². The molecular formula is C19H30N4O2. The number of rotatable bonds is 6. The predicted molar refractivity (Wildman–Crippen MR) is 101 cm³/mol. The van der Waals surface area contributed by atoms with Crippen LogP contribution in [-0.2, 0) is 9.59 Å². The molecule has 25 heavy (non-hydrogen) atoms. The van der Waals surface area contributed by atoms with Crippen LogP contribution in [0.1, 0.15) is 19.4 Å². The number of amides is 2. The number of aryl methyl sites for hydroxylation is 1. The highest BCUT2D eigenvalue weighted by Gasteiger charge is 2.27. The van der Waals surface area contributed by atoms with Crippen LogP contribution in [0.2, 0.25) is 0 Å². The van der Waals surface area contributed by atoms with Gasteiger partial charge in [-0.05, 0) is 39.6 Å². The fourth-order valence-corrected chi connectivity index (χ4v) is 2.94. The molecule has 0 unspecified atom stereocenters. The van der Waals surface area contributed by atoms with Crippen molar-refractivity contribution in [1.82, 2.24) is 14.7 Å². The van der Waals surface area contributed by atoms with Crippen molar-refractivity contribution >= 4 is 17.5 Å². The van der Waals surface area contributed by atoms with Gasteiger partial charge >= 0.3 is 0 Å². The van der Waals surface area contributed by atoms with Crippen LogP contribution in [0.3, 0.4) is 0 Å². The third-order valence-corrected chi connectivity index (χ3v) is 4.88. The Morgan fingerprint density at radius 2 is 1.76 bits per heavy atom. The molecule has 2 amide bonds. The van der Waals surface area contributed by atoms with Gasteiger partial charge in [0, 0.05) is 31.9 Å². The first-order valence-corrected chi connectivity index (χ1v) is 8.98. The summed E-state index contributed by atoms with van der Waals surface area (Å²) in [6, 6.07) is 7.38. The Labute approximate surface area is 150 Å². The van der Waals surface area contributed by atoms with Crippen LogP contribution in [0.15, 0.2) is 24.3 Å². The van der Waals surface area contributed by atoms with Crippen molar-refractivity contribution in [2.75, 3.05) is 51.6 Å². The number of likely N-dealkylation sites (N-methyl/N-ethyl adjacent to an activating group) is 2. The summed E-state index contributed by atoms with van der Waals surface area (Å²) in [5.41, 5.74) is 1.93. The van der Waals surface area contributed by atoms with Gasteiger partial charge in [-0.3, -0.25) is 14.5 Å². The molecule has 6 heteroatoms. The molecular weight excluding hydrogens is 316 g/mol. The van der Waals surface area contributed by atoms with Gasteiger partial charge in [0.15, 0.2) is 0 Å². The third kappa shape index (κ3) is 5.54. The Hall–Kier alpha value is -1.92. The monoisotopic (exact) mass is 346 g/mol. The smallest absolute Gasteiger partial charge is 0.239 e. The number of benzene rings is 1. The van der Waals surface area contributed by atoms with E-state index in [2.05, 4.69) is 17.1 Å². The summed E-state index contributed by atoms with van der Waals surface area (Å²) < 4.78 is 0. The zero-order valence-electron chi connectivity index (χ0n) is 15.8. The first-order chi connectivity index (χ1) is 11.9. The molecule has 0 aliphatic carbocycles. The molecule has 1 aliphatic rings. The molecule has 138 valence electrons. The summed E-state index contributed by atoms with van der Waals surface area (Å²) in [5.74, 6) is -0.0109.